The molecule has 0 radical (unpaired) electrons. The number of allylic oxidation sites excluding steroid dienone is 2. The Labute approximate surface area is 181 Å². The molecule has 4 rings (SSSR count). The van der Waals surface area contributed by atoms with Crippen molar-refractivity contribution >= 4 is 29.4 Å². The van der Waals surface area contributed by atoms with E-state index < -0.39 is 24.5 Å². The highest BCUT2D eigenvalue weighted by atomic mass is 16.5. The molecule has 3 aliphatic rings. The highest BCUT2D eigenvalue weighted by molar-refractivity contribution is 6.09. The molecule has 2 bridgehead atoms. The largest absolute Gasteiger partial charge is 0.454 e. The van der Waals surface area contributed by atoms with E-state index >= 15 is 0 Å². The zero-order chi connectivity index (χ0) is 22.3. The standard InChI is InChI=1S/C24H28N2O5/c1-4-14-7-6-8-15(5-2)21(14)25-18(27)12-31-24(30)13(3)26-22(28)19-16-9-10-17(11-16)20(19)23(26)29/h6-10,13,16-17,19-20H,4-5,11-12H2,1-3H3,(H,25,27)/t13-,16-,17-,19-,20-/m0/s1. The zero-order valence-electron chi connectivity index (χ0n) is 18.1. The molecule has 2 fully saturated rings. The number of carbonyl (C=O) groups excluding carboxylic acids is 4. The minimum absolute atomic E-state index is 0.0804. The second-order valence-corrected chi connectivity index (χ2v) is 8.54. The van der Waals surface area contributed by atoms with Crippen molar-refractivity contribution in [3.8, 4) is 0 Å². The number of amides is 3. The Morgan fingerprint density at radius 2 is 1.61 bits per heavy atom. The van der Waals surface area contributed by atoms with E-state index in [4.69, 9.17) is 4.74 Å². The normalized spacial score (nSPS) is 26.9. The number of imide groups is 1. The fourth-order valence-electron chi connectivity index (χ4n) is 5.25. The third-order valence-corrected chi connectivity index (χ3v) is 6.84. The average molecular weight is 424 g/mol. The lowest BCUT2D eigenvalue weighted by Crippen LogP contribution is -2.45. The van der Waals surface area contributed by atoms with Crippen molar-refractivity contribution in [2.45, 2.75) is 46.1 Å². The van der Waals surface area contributed by atoms with Crippen LogP contribution in [0.3, 0.4) is 0 Å². The molecule has 1 heterocycles. The molecule has 5 atom stereocenters. The predicted molar refractivity (Wildman–Crippen MR) is 114 cm³/mol. The summed E-state index contributed by atoms with van der Waals surface area (Å²) in [6.07, 6.45) is 6.37. The van der Waals surface area contributed by atoms with Gasteiger partial charge in [-0.3, -0.25) is 19.3 Å². The van der Waals surface area contributed by atoms with E-state index in [2.05, 4.69) is 5.32 Å². The Kier molecular flexibility index (Phi) is 5.69. The number of nitrogens with one attached hydrogen (secondary N) is 1. The van der Waals surface area contributed by atoms with Crippen molar-refractivity contribution < 1.29 is 23.9 Å². The average Bonchev–Trinajstić information content (AvgIpc) is 3.45. The maximum absolute atomic E-state index is 12.8. The zero-order valence-corrected chi connectivity index (χ0v) is 18.1. The molecule has 164 valence electrons. The smallest absolute Gasteiger partial charge is 0.329 e. The first-order valence-corrected chi connectivity index (χ1v) is 11.0. The summed E-state index contributed by atoms with van der Waals surface area (Å²) in [6.45, 7) is 5.02. The Morgan fingerprint density at radius 1 is 1.06 bits per heavy atom. The van der Waals surface area contributed by atoms with Crippen LogP contribution in [-0.2, 0) is 36.8 Å². The van der Waals surface area contributed by atoms with Crippen molar-refractivity contribution in [1.29, 1.82) is 0 Å². The van der Waals surface area contributed by atoms with Gasteiger partial charge in [-0.15, -0.1) is 0 Å². The number of aryl methyl sites for hydroxylation is 2. The van der Waals surface area contributed by atoms with Crippen LogP contribution >= 0.6 is 0 Å². The summed E-state index contributed by atoms with van der Waals surface area (Å²) in [5.41, 5.74) is 2.77. The minimum atomic E-state index is -1.05. The number of rotatable bonds is 7. The van der Waals surface area contributed by atoms with Crippen molar-refractivity contribution in [3.05, 3.63) is 41.5 Å². The minimum Gasteiger partial charge on any atom is -0.454 e. The first-order valence-electron chi connectivity index (χ1n) is 11.0. The summed E-state index contributed by atoms with van der Waals surface area (Å²) in [5.74, 6) is -2.37. The maximum atomic E-state index is 12.8. The summed E-state index contributed by atoms with van der Waals surface area (Å²) in [4.78, 5) is 51.7. The van der Waals surface area contributed by atoms with E-state index in [1.165, 1.54) is 6.92 Å². The van der Waals surface area contributed by atoms with E-state index in [1.54, 1.807) is 0 Å². The highest BCUT2D eigenvalue weighted by Gasteiger charge is 2.60. The van der Waals surface area contributed by atoms with Crippen molar-refractivity contribution in [3.63, 3.8) is 0 Å². The van der Waals surface area contributed by atoms with Crippen LogP contribution < -0.4 is 5.32 Å². The molecule has 3 amide bonds. The molecule has 0 spiro atoms. The number of fused-ring (bicyclic) bond motifs is 5. The Morgan fingerprint density at radius 3 is 2.13 bits per heavy atom. The number of likely N-dealkylation sites (tertiary alicyclic amines) is 1. The van der Waals surface area contributed by atoms with Gasteiger partial charge >= 0.3 is 5.97 Å². The van der Waals surface area contributed by atoms with E-state index in [9.17, 15) is 19.2 Å². The van der Waals surface area contributed by atoms with Gasteiger partial charge in [0.15, 0.2) is 6.61 Å². The molecule has 1 N–H and O–H groups in total. The van der Waals surface area contributed by atoms with Gasteiger partial charge in [0, 0.05) is 5.69 Å². The van der Waals surface area contributed by atoms with Crippen LogP contribution in [0.25, 0.3) is 0 Å². The van der Waals surface area contributed by atoms with E-state index in [0.717, 1.165) is 41.0 Å². The number of anilines is 1. The third kappa shape index (κ3) is 3.56. The summed E-state index contributed by atoms with van der Waals surface area (Å²) < 4.78 is 5.17. The molecular weight excluding hydrogens is 396 g/mol. The number of benzene rings is 1. The van der Waals surface area contributed by atoms with Crippen molar-refractivity contribution in [1.82, 2.24) is 4.90 Å². The van der Waals surface area contributed by atoms with Gasteiger partial charge in [0.1, 0.15) is 6.04 Å². The first kappa shape index (κ1) is 21.3. The van der Waals surface area contributed by atoms with Gasteiger partial charge in [-0.2, -0.15) is 0 Å². The lowest BCUT2D eigenvalue weighted by Gasteiger charge is -2.23. The molecule has 7 nitrogen and oxygen atoms in total. The molecule has 2 aliphatic carbocycles. The molecular formula is C24H28N2O5. The molecule has 1 aromatic rings. The number of nitrogens with zero attached hydrogens (tertiary/aromatic N) is 1. The fourth-order valence-corrected chi connectivity index (χ4v) is 5.25. The molecule has 0 aromatic heterocycles. The molecule has 0 unspecified atom stereocenters. The van der Waals surface area contributed by atoms with Crippen LogP contribution in [-0.4, -0.2) is 41.2 Å². The van der Waals surface area contributed by atoms with Crippen LogP contribution in [0, 0.1) is 23.7 Å². The predicted octanol–water partition coefficient (Wildman–Crippen LogP) is 2.49. The fraction of sp³-hybridized carbons (Fsp3) is 0.500. The molecule has 1 aromatic carbocycles. The van der Waals surface area contributed by atoms with Crippen LogP contribution in [0.1, 0.15) is 38.3 Å². The van der Waals surface area contributed by atoms with Crippen molar-refractivity contribution in [2.75, 3.05) is 11.9 Å². The van der Waals surface area contributed by atoms with Gasteiger partial charge in [-0.25, -0.2) is 4.79 Å². The number of para-hydroxylation sites is 1. The van der Waals surface area contributed by atoms with Gasteiger partial charge in [0.25, 0.3) is 5.91 Å². The topological polar surface area (TPSA) is 92.8 Å². The second-order valence-electron chi connectivity index (χ2n) is 8.54. The van der Waals surface area contributed by atoms with E-state index in [-0.39, 0.29) is 35.5 Å². The monoisotopic (exact) mass is 424 g/mol. The maximum Gasteiger partial charge on any atom is 0.329 e. The van der Waals surface area contributed by atoms with Crippen LogP contribution in [0.15, 0.2) is 30.4 Å². The van der Waals surface area contributed by atoms with Gasteiger partial charge in [-0.05, 0) is 49.1 Å². The quantitative estimate of drug-likeness (QED) is 0.412. The Hall–Kier alpha value is -2.96. The molecule has 1 saturated heterocycles. The summed E-state index contributed by atoms with van der Waals surface area (Å²) in [5, 5.41) is 2.84. The molecule has 31 heavy (non-hydrogen) atoms. The second kappa shape index (κ2) is 8.29. The summed E-state index contributed by atoms with van der Waals surface area (Å²) in [7, 11) is 0. The number of esters is 1. The van der Waals surface area contributed by atoms with Crippen LogP contribution in [0.2, 0.25) is 0 Å². The van der Waals surface area contributed by atoms with E-state index in [1.807, 2.05) is 44.2 Å². The molecule has 1 aliphatic heterocycles. The van der Waals surface area contributed by atoms with Gasteiger partial charge < -0.3 is 10.1 Å². The molecule has 1 saturated carbocycles. The number of hydrogen-bond donors (Lipinski definition) is 1. The highest BCUT2D eigenvalue weighted by Crippen LogP contribution is 2.52. The van der Waals surface area contributed by atoms with Crippen molar-refractivity contribution in [2.24, 2.45) is 23.7 Å². The number of hydrogen-bond acceptors (Lipinski definition) is 5. The van der Waals surface area contributed by atoms with Gasteiger partial charge in [-0.1, -0.05) is 44.2 Å². The SMILES string of the molecule is CCc1cccc(CC)c1NC(=O)COC(=O)[C@H](C)N1C(=O)[C@@H]2[C@@H](C1=O)[C@H]1C=C[C@H]2C1. The lowest BCUT2D eigenvalue weighted by molar-refractivity contribution is -0.159. The van der Waals surface area contributed by atoms with Gasteiger partial charge in [0.05, 0.1) is 11.8 Å². The lowest BCUT2D eigenvalue weighted by atomic mass is 9.85. The third-order valence-electron chi connectivity index (χ3n) is 6.84. The summed E-state index contributed by atoms with van der Waals surface area (Å²) >= 11 is 0. The van der Waals surface area contributed by atoms with Crippen LogP contribution in [0.5, 0.6) is 0 Å². The van der Waals surface area contributed by atoms with Gasteiger partial charge in [0.2, 0.25) is 11.8 Å². The van der Waals surface area contributed by atoms with E-state index in [0.29, 0.717) is 0 Å². The Bertz CT molecular complexity index is 916. The number of ether oxygens (including phenoxy) is 1. The van der Waals surface area contributed by atoms with Crippen LogP contribution in [0.4, 0.5) is 5.69 Å². The first-order chi connectivity index (χ1) is 14.9. The summed E-state index contributed by atoms with van der Waals surface area (Å²) in [6, 6.07) is 4.81. The Balaban J connectivity index is 1.37. The molecule has 7 heteroatoms. The number of carbonyl (C=O) groups is 4.